The van der Waals surface area contributed by atoms with E-state index in [-0.39, 0.29) is 0 Å². The number of aryl methyl sites for hydroxylation is 1. The minimum Gasteiger partial charge on any atom is -0.507 e. The lowest BCUT2D eigenvalue weighted by molar-refractivity contribution is 0.467. The number of phenolic OH excluding ortho intramolecular Hbond substituents is 1. The van der Waals surface area contributed by atoms with Gasteiger partial charge in [0, 0.05) is 30.2 Å². The normalized spacial score (nSPS) is 10.2. The average molecular weight is 228 g/mol. The van der Waals surface area contributed by atoms with Gasteiger partial charge >= 0.3 is 0 Å². The highest BCUT2D eigenvalue weighted by molar-refractivity contribution is 5.59. The molecule has 0 saturated carbocycles. The summed E-state index contributed by atoms with van der Waals surface area (Å²) in [6.07, 6.45) is 3.55. The first kappa shape index (κ1) is 11.5. The number of pyridine rings is 1. The average Bonchev–Trinajstić information content (AvgIpc) is 2.36. The lowest BCUT2D eigenvalue weighted by atomic mass is 10.1. The van der Waals surface area contributed by atoms with Crippen LogP contribution in [0.4, 0.5) is 5.69 Å². The topological polar surface area (TPSA) is 45.2 Å². The molecule has 1 aromatic heterocycles. The molecule has 0 aliphatic rings. The molecule has 2 aromatic rings. The molecule has 0 saturated heterocycles. The standard InChI is InChI=1S/C14H16N2O/c1-10-3-4-13(11(2)14(10)17)16-9-12-5-7-15-8-6-12/h3-8,16-17H,9H2,1-2H3. The lowest BCUT2D eigenvalue weighted by Gasteiger charge is -2.12. The number of nitrogens with zero attached hydrogens (tertiary/aromatic N) is 1. The van der Waals surface area contributed by atoms with Crippen LogP contribution in [-0.2, 0) is 6.54 Å². The summed E-state index contributed by atoms with van der Waals surface area (Å²) in [6.45, 7) is 4.54. The third kappa shape index (κ3) is 2.56. The van der Waals surface area contributed by atoms with Gasteiger partial charge in [-0.25, -0.2) is 0 Å². The van der Waals surface area contributed by atoms with E-state index in [4.69, 9.17) is 0 Å². The molecule has 88 valence electrons. The minimum atomic E-state index is 0.365. The van der Waals surface area contributed by atoms with Crippen LogP contribution in [-0.4, -0.2) is 10.1 Å². The van der Waals surface area contributed by atoms with Gasteiger partial charge in [0.2, 0.25) is 0 Å². The zero-order valence-corrected chi connectivity index (χ0v) is 10.1. The number of hydrogen-bond acceptors (Lipinski definition) is 3. The van der Waals surface area contributed by atoms with Crippen LogP contribution >= 0.6 is 0 Å². The highest BCUT2D eigenvalue weighted by Gasteiger charge is 2.05. The summed E-state index contributed by atoms with van der Waals surface area (Å²) in [5.41, 5.74) is 3.92. The molecule has 3 nitrogen and oxygen atoms in total. The fourth-order valence-corrected chi connectivity index (χ4v) is 1.73. The van der Waals surface area contributed by atoms with Crippen molar-refractivity contribution in [2.75, 3.05) is 5.32 Å². The summed E-state index contributed by atoms with van der Waals surface area (Å²) in [5.74, 6) is 0.365. The zero-order valence-electron chi connectivity index (χ0n) is 10.1. The van der Waals surface area contributed by atoms with E-state index in [0.29, 0.717) is 5.75 Å². The van der Waals surface area contributed by atoms with Crippen LogP contribution < -0.4 is 5.32 Å². The summed E-state index contributed by atoms with van der Waals surface area (Å²) in [5, 5.41) is 13.1. The summed E-state index contributed by atoms with van der Waals surface area (Å²) >= 11 is 0. The van der Waals surface area contributed by atoms with Crippen molar-refractivity contribution in [1.82, 2.24) is 4.98 Å². The smallest absolute Gasteiger partial charge is 0.123 e. The number of anilines is 1. The molecule has 0 unspecified atom stereocenters. The number of hydrogen-bond donors (Lipinski definition) is 2. The second-order valence-electron chi connectivity index (χ2n) is 4.11. The van der Waals surface area contributed by atoms with E-state index in [2.05, 4.69) is 10.3 Å². The molecule has 2 N–H and O–H groups in total. The van der Waals surface area contributed by atoms with Crippen molar-refractivity contribution in [1.29, 1.82) is 0 Å². The van der Waals surface area contributed by atoms with Gasteiger partial charge in [-0.2, -0.15) is 0 Å². The molecule has 0 atom stereocenters. The number of aromatic nitrogens is 1. The Morgan fingerprint density at radius 1 is 1.12 bits per heavy atom. The van der Waals surface area contributed by atoms with E-state index in [1.165, 1.54) is 5.56 Å². The first-order valence-electron chi connectivity index (χ1n) is 5.60. The van der Waals surface area contributed by atoms with E-state index in [1.807, 2.05) is 38.1 Å². The Hall–Kier alpha value is -2.03. The fourth-order valence-electron chi connectivity index (χ4n) is 1.73. The Bertz CT molecular complexity index is 509. The molecule has 0 aliphatic heterocycles. The van der Waals surface area contributed by atoms with Crippen LogP contribution in [0, 0.1) is 13.8 Å². The molecule has 3 heteroatoms. The second kappa shape index (κ2) is 4.87. The number of benzene rings is 1. The van der Waals surface area contributed by atoms with Gasteiger partial charge in [0.1, 0.15) is 5.75 Å². The largest absolute Gasteiger partial charge is 0.507 e. The van der Waals surface area contributed by atoms with Crippen molar-refractivity contribution in [2.24, 2.45) is 0 Å². The molecule has 1 aromatic carbocycles. The van der Waals surface area contributed by atoms with Crippen LogP contribution in [0.5, 0.6) is 5.75 Å². The maximum absolute atomic E-state index is 9.83. The van der Waals surface area contributed by atoms with Gasteiger partial charge in [-0.3, -0.25) is 4.98 Å². The van der Waals surface area contributed by atoms with Crippen LogP contribution in [0.15, 0.2) is 36.7 Å². The van der Waals surface area contributed by atoms with Crippen LogP contribution in [0.3, 0.4) is 0 Å². The maximum atomic E-state index is 9.83. The van der Waals surface area contributed by atoms with Gasteiger partial charge in [0.15, 0.2) is 0 Å². The van der Waals surface area contributed by atoms with E-state index >= 15 is 0 Å². The molecule has 0 radical (unpaired) electrons. The Morgan fingerprint density at radius 3 is 2.53 bits per heavy atom. The third-order valence-corrected chi connectivity index (χ3v) is 2.87. The third-order valence-electron chi connectivity index (χ3n) is 2.87. The Balaban J connectivity index is 2.13. The first-order chi connectivity index (χ1) is 8.18. The number of aromatic hydroxyl groups is 1. The van der Waals surface area contributed by atoms with Crippen molar-refractivity contribution in [2.45, 2.75) is 20.4 Å². The lowest BCUT2D eigenvalue weighted by Crippen LogP contribution is -2.01. The van der Waals surface area contributed by atoms with Crippen molar-refractivity contribution in [3.63, 3.8) is 0 Å². The van der Waals surface area contributed by atoms with Gasteiger partial charge in [-0.05, 0) is 43.2 Å². The van der Waals surface area contributed by atoms with Crippen LogP contribution in [0.2, 0.25) is 0 Å². The SMILES string of the molecule is Cc1ccc(NCc2ccncc2)c(C)c1O. The van der Waals surface area contributed by atoms with E-state index < -0.39 is 0 Å². The predicted octanol–water partition coefficient (Wildman–Crippen LogP) is 3.02. The maximum Gasteiger partial charge on any atom is 0.123 e. The summed E-state index contributed by atoms with van der Waals surface area (Å²) in [7, 11) is 0. The zero-order chi connectivity index (χ0) is 12.3. The van der Waals surface area contributed by atoms with E-state index in [1.54, 1.807) is 12.4 Å². The molecule has 2 rings (SSSR count). The van der Waals surface area contributed by atoms with E-state index in [0.717, 1.165) is 23.4 Å². The Labute approximate surface area is 101 Å². The highest BCUT2D eigenvalue weighted by Crippen LogP contribution is 2.28. The van der Waals surface area contributed by atoms with Gasteiger partial charge in [0.05, 0.1) is 0 Å². The van der Waals surface area contributed by atoms with Crippen LogP contribution in [0.25, 0.3) is 0 Å². The predicted molar refractivity (Wildman–Crippen MR) is 69.1 cm³/mol. The summed E-state index contributed by atoms with van der Waals surface area (Å²) in [6, 6.07) is 7.84. The van der Waals surface area contributed by atoms with Crippen molar-refractivity contribution in [3.05, 3.63) is 53.3 Å². The second-order valence-corrected chi connectivity index (χ2v) is 4.11. The summed E-state index contributed by atoms with van der Waals surface area (Å²) < 4.78 is 0. The molecule has 0 aliphatic carbocycles. The molecule has 0 spiro atoms. The monoisotopic (exact) mass is 228 g/mol. The molecule has 1 heterocycles. The van der Waals surface area contributed by atoms with Gasteiger partial charge < -0.3 is 10.4 Å². The van der Waals surface area contributed by atoms with Gasteiger partial charge in [-0.15, -0.1) is 0 Å². The van der Waals surface area contributed by atoms with Crippen LogP contribution in [0.1, 0.15) is 16.7 Å². The van der Waals surface area contributed by atoms with E-state index in [9.17, 15) is 5.11 Å². The first-order valence-corrected chi connectivity index (χ1v) is 5.60. The molecular weight excluding hydrogens is 212 g/mol. The molecule has 0 amide bonds. The molecule has 17 heavy (non-hydrogen) atoms. The van der Waals surface area contributed by atoms with Crippen molar-refractivity contribution < 1.29 is 5.11 Å². The Morgan fingerprint density at radius 2 is 1.82 bits per heavy atom. The number of rotatable bonds is 3. The van der Waals surface area contributed by atoms with Crippen molar-refractivity contribution >= 4 is 5.69 Å². The highest BCUT2D eigenvalue weighted by atomic mass is 16.3. The molecule has 0 fully saturated rings. The molecule has 0 bridgehead atoms. The number of nitrogens with one attached hydrogen (secondary N) is 1. The van der Waals surface area contributed by atoms with Gasteiger partial charge in [-0.1, -0.05) is 6.07 Å². The number of phenols is 1. The Kier molecular flexibility index (Phi) is 3.28. The quantitative estimate of drug-likeness (QED) is 0.848. The summed E-state index contributed by atoms with van der Waals surface area (Å²) in [4.78, 5) is 3.98. The fraction of sp³-hybridized carbons (Fsp3) is 0.214. The molecular formula is C14H16N2O. The van der Waals surface area contributed by atoms with Gasteiger partial charge in [0.25, 0.3) is 0 Å². The minimum absolute atomic E-state index is 0.365. The van der Waals surface area contributed by atoms with Crippen molar-refractivity contribution in [3.8, 4) is 5.75 Å².